The Morgan fingerprint density at radius 1 is 1.07 bits per heavy atom. The molecule has 0 aliphatic heterocycles. The number of fused-ring (bicyclic) bond motifs is 1. The van der Waals surface area contributed by atoms with E-state index < -0.39 is 22.0 Å². The Labute approximate surface area is 178 Å². The number of rotatable bonds is 6. The van der Waals surface area contributed by atoms with Gasteiger partial charge in [-0.2, -0.15) is 4.72 Å². The molecule has 0 radical (unpaired) electrons. The molecule has 0 saturated heterocycles. The first-order valence-corrected chi connectivity index (χ1v) is 11.4. The lowest BCUT2D eigenvalue weighted by Gasteiger charge is -2.13. The third kappa shape index (κ3) is 5.02. The molecule has 3 N–H and O–H groups in total. The second-order valence-corrected chi connectivity index (χ2v) is 9.73. The van der Waals surface area contributed by atoms with Gasteiger partial charge in [0, 0.05) is 12.6 Å². The average Bonchev–Trinajstić information content (AvgIpc) is 3.03. The van der Waals surface area contributed by atoms with Crippen molar-refractivity contribution in [1.82, 2.24) is 9.71 Å². The minimum atomic E-state index is -3.92. The number of benzene rings is 2. The van der Waals surface area contributed by atoms with Gasteiger partial charge in [0.2, 0.25) is 21.8 Å². The average molecular weight is 447 g/mol. The summed E-state index contributed by atoms with van der Waals surface area (Å²) < 4.78 is 28.4. The molecule has 0 saturated carbocycles. The number of carbonyl (C=O) groups is 2. The van der Waals surface area contributed by atoms with Crippen molar-refractivity contribution in [3.05, 3.63) is 47.5 Å². The lowest BCUT2D eigenvalue weighted by Crippen LogP contribution is -2.41. The van der Waals surface area contributed by atoms with Gasteiger partial charge >= 0.3 is 0 Å². The zero-order valence-electron chi connectivity index (χ0n) is 16.9. The van der Waals surface area contributed by atoms with Gasteiger partial charge in [0.1, 0.15) is 0 Å². The summed E-state index contributed by atoms with van der Waals surface area (Å²) in [5.41, 5.74) is 3.41. The van der Waals surface area contributed by atoms with Crippen LogP contribution in [0.4, 0.5) is 10.8 Å². The topological polar surface area (TPSA) is 117 Å². The Morgan fingerprint density at radius 2 is 1.73 bits per heavy atom. The van der Waals surface area contributed by atoms with Gasteiger partial charge < -0.3 is 10.6 Å². The van der Waals surface area contributed by atoms with Crippen molar-refractivity contribution in [1.29, 1.82) is 0 Å². The first-order valence-electron chi connectivity index (χ1n) is 9.14. The Bertz CT molecular complexity index is 1220. The summed E-state index contributed by atoms with van der Waals surface area (Å²) in [4.78, 5) is 28.0. The minimum Gasteiger partial charge on any atom is -0.326 e. The molecule has 10 heteroatoms. The molecule has 0 aliphatic rings. The highest BCUT2D eigenvalue weighted by atomic mass is 32.2. The highest BCUT2D eigenvalue weighted by molar-refractivity contribution is 7.89. The maximum absolute atomic E-state index is 12.6. The van der Waals surface area contributed by atoms with Crippen LogP contribution in [0.3, 0.4) is 0 Å². The largest absolute Gasteiger partial charge is 0.326 e. The van der Waals surface area contributed by atoms with Crippen molar-refractivity contribution in [2.75, 3.05) is 10.6 Å². The molecule has 1 unspecified atom stereocenters. The second-order valence-electron chi connectivity index (χ2n) is 6.99. The van der Waals surface area contributed by atoms with Gasteiger partial charge in [0.15, 0.2) is 5.13 Å². The number of aromatic nitrogens is 1. The van der Waals surface area contributed by atoms with Crippen molar-refractivity contribution >= 4 is 54.2 Å². The third-order valence-corrected chi connectivity index (χ3v) is 6.74. The normalized spacial score (nSPS) is 12.5. The highest BCUT2D eigenvalue weighted by Gasteiger charge is 2.23. The Balaban J connectivity index is 1.70. The van der Waals surface area contributed by atoms with Crippen molar-refractivity contribution < 1.29 is 18.0 Å². The van der Waals surface area contributed by atoms with E-state index in [4.69, 9.17) is 0 Å². The summed E-state index contributed by atoms with van der Waals surface area (Å²) in [7, 11) is -3.92. The lowest BCUT2D eigenvalue weighted by atomic mass is 10.1. The predicted molar refractivity (Wildman–Crippen MR) is 118 cm³/mol. The van der Waals surface area contributed by atoms with E-state index in [-0.39, 0.29) is 10.8 Å². The zero-order valence-corrected chi connectivity index (χ0v) is 18.6. The van der Waals surface area contributed by atoms with Crippen molar-refractivity contribution in [3.8, 4) is 0 Å². The van der Waals surface area contributed by atoms with E-state index in [1.165, 1.54) is 49.4 Å². The molecule has 0 fully saturated rings. The number of thiazole rings is 1. The van der Waals surface area contributed by atoms with E-state index in [2.05, 4.69) is 20.3 Å². The summed E-state index contributed by atoms with van der Waals surface area (Å²) >= 11 is 1.34. The van der Waals surface area contributed by atoms with Gasteiger partial charge in [-0.25, -0.2) is 13.4 Å². The van der Waals surface area contributed by atoms with Crippen LogP contribution in [0.2, 0.25) is 0 Å². The highest BCUT2D eigenvalue weighted by Crippen LogP contribution is 2.29. The van der Waals surface area contributed by atoms with Gasteiger partial charge in [-0.05, 0) is 62.2 Å². The molecule has 1 aromatic heterocycles. The number of hydrogen-bond donors (Lipinski definition) is 3. The fourth-order valence-electron chi connectivity index (χ4n) is 2.91. The van der Waals surface area contributed by atoms with Crippen LogP contribution in [0.1, 0.15) is 25.0 Å². The van der Waals surface area contributed by atoms with E-state index in [0.717, 1.165) is 21.3 Å². The number of anilines is 2. The zero-order chi connectivity index (χ0) is 22.1. The van der Waals surface area contributed by atoms with Gasteiger partial charge in [-0.3, -0.25) is 9.59 Å². The fraction of sp³-hybridized carbons (Fsp3) is 0.250. The summed E-state index contributed by atoms with van der Waals surface area (Å²) in [5.74, 6) is -0.768. The van der Waals surface area contributed by atoms with Crippen LogP contribution >= 0.6 is 11.3 Å². The molecule has 30 heavy (non-hydrogen) atoms. The van der Waals surface area contributed by atoms with Gasteiger partial charge in [-0.1, -0.05) is 17.4 Å². The van der Waals surface area contributed by atoms with Gasteiger partial charge in [0.25, 0.3) is 0 Å². The Morgan fingerprint density at radius 3 is 2.37 bits per heavy atom. The molecule has 1 heterocycles. The van der Waals surface area contributed by atoms with Crippen molar-refractivity contribution in [2.45, 2.75) is 38.6 Å². The third-order valence-electron chi connectivity index (χ3n) is 4.27. The maximum Gasteiger partial charge on any atom is 0.244 e. The van der Waals surface area contributed by atoms with Crippen LogP contribution in [-0.4, -0.2) is 31.3 Å². The first kappa shape index (κ1) is 21.9. The second kappa shape index (κ2) is 8.50. The van der Waals surface area contributed by atoms with Gasteiger partial charge in [0.05, 0.1) is 21.2 Å². The van der Waals surface area contributed by atoms with Crippen molar-refractivity contribution in [3.63, 3.8) is 0 Å². The molecule has 0 aliphatic carbocycles. The van der Waals surface area contributed by atoms with E-state index >= 15 is 0 Å². The van der Waals surface area contributed by atoms with Crippen LogP contribution < -0.4 is 15.4 Å². The summed E-state index contributed by atoms with van der Waals surface area (Å²) in [6.45, 7) is 6.76. The van der Waals surface area contributed by atoms with Gasteiger partial charge in [-0.15, -0.1) is 0 Å². The molecule has 0 spiro atoms. The molecule has 158 valence electrons. The molecular formula is C20H22N4O4S2. The lowest BCUT2D eigenvalue weighted by molar-refractivity contribution is -0.117. The van der Waals surface area contributed by atoms with E-state index in [1.807, 2.05) is 26.0 Å². The molecule has 2 aromatic carbocycles. The SMILES string of the molecule is CC(=O)Nc1ccc(S(=O)(=O)NC(C)C(=O)Nc2nc3c(C)cc(C)cc3s2)cc1. The molecule has 1 atom stereocenters. The number of amides is 2. The van der Waals surface area contributed by atoms with E-state index in [0.29, 0.717) is 10.8 Å². The van der Waals surface area contributed by atoms with Crippen LogP contribution in [0.25, 0.3) is 10.2 Å². The smallest absolute Gasteiger partial charge is 0.244 e. The quantitative estimate of drug-likeness (QED) is 0.538. The number of hydrogen-bond acceptors (Lipinski definition) is 6. The molecule has 8 nitrogen and oxygen atoms in total. The molecule has 3 aromatic rings. The molecule has 2 amide bonds. The Hall–Kier alpha value is -2.82. The standard InChI is InChI=1S/C20H22N4O4S2/c1-11-9-12(2)18-17(10-11)29-20(22-18)23-19(26)13(3)24-30(27,28)16-7-5-15(6-8-16)21-14(4)25/h5-10,13,24H,1-4H3,(H,21,25)(H,22,23,26). The van der Waals surface area contributed by atoms with Crippen LogP contribution in [0.15, 0.2) is 41.3 Å². The van der Waals surface area contributed by atoms with Crippen LogP contribution in [0, 0.1) is 13.8 Å². The molecule has 3 rings (SSSR count). The summed E-state index contributed by atoms with van der Waals surface area (Å²) in [6, 6.07) is 8.67. The van der Waals surface area contributed by atoms with Crippen LogP contribution in [-0.2, 0) is 19.6 Å². The molecular weight excluding hydrogens is 424 g/mol. The summed E-state index contributed by atoms with van der Waals surface area (Å²) in [6.07, 6.45) is 0. The maximum atomic E-state index is 12.6. The number of sulfonamides is 1. The monoisotopic (exact) mass is 446 g/mol. The van der Waals surface area contributed by atoms with Crippen LogP contribution in [0.5, 0.6) is 0 Å². The molecule has 0 bridgehead atoms. The first-order chi connectivity index (χ1) is 14.0. The minimum absolute atomic E-state index is 0.0117. The number of carbonyl (C=O) groups excluding carboxylic acids is 2. The van der Waals surface area contributed by atoms with Crippen molar-refractivity contribution in [2.24, 2.45) is 0 Å². The number of nitrogens with zero attached hydrogens (tertiary/aromatic N) is 1. The Kier molecular flexibility index (Phi) is 6.20. The predicted octanol–water partition coefficient (Wildman–Crippen LogP) is 3.18. The summed E-state index contributed by atoms with van der Waals surface area (Å²) in [5, 5.41) is 5.65. The number of nitrogens with one attached hydrogen (secondary N) is 3. The number of aryl methyl sites for hydroxylation is 2. The van der Waals surface area contributed by atoms with E-state index in [1.54, 1.807) is 0 Å². The fourth-order valence-corrected chi connectivity index (χ4v) is 5.16. The van der Waals surface area contributed by atoms with E-state index in [9.17, 15) is 18.0 Å².